The molecule has 3 rings (SSSR count). The van der Waals surface area contributed by atoms with Crippen LogP contribution in [0, 0.1) is 0 Å². The molecule has 0 spiro atoms. The number of anilines is 1. The summed E-state index contributed by atoms with van der Waals surface area (Å²) in [5.41, 5.74) is 7.28. The van der Waals surface area contributed by atoms with Gasteiger partial charge in [-0.05, 0) is 24.6 Å². The van der Waals surface area contributed by atoms with Crippen LogP contribution in [0.1, 0.15) is 33.9 Å². The number of nitrogen functional groups attached to an aromatic ring is 1. The molecule has 7 heteroatoms. The molecule has 0 aliphatic heterocycles. The molecule has 0 saturated heterocycles. The van der Waals surface area contributed by atoms with Crippen molar-refractivity contribution in [3.63, 3.8) is 0 Å². The van der Waals surface area contributed by atoms with Gasteiger partial charge in [0.25, 0.3) is 5.91 Å². The van der Waals surface area contributed by atoms with Gasteiger partial charge in [0, 0.05) is 6.42 Å². The Balaban J connectivity index is 1.63. The Morgan fingerprint density at radius 3 is 2.62 bits per heavy atom. The zero-order valence-corrected chi connectivity index (χ0v) is 15.2. The van der Waals surface area contributed by atoms with Crippen LogP contribution in [0.25, 0.3) is 0 Å². The second kappa shape index (κ2) is 8.44. The number of benzene rings is 2. The summed E-state index contributed by atoms with van der Waals surface area (Å²) in [6.07, 6.45) is 0.775. The molecule has 26 heavy (non-hydrogen) atoms. The number of nitrogens with one attached hydrogen (secondary N) is 1. The van der Waals surface area contributed by atoms with Gasteiger partial charge in [-0.2, -0.15) is 0 Å². The largest absolute Gasteiger partial charge is 0.492 e. The third-order valence-corrected chi connectivity index (χ3v) is 4.73. The first-order valence-corrected chi connectivity index (χ1v) is 9.10. The van der Waals surface area contributed by atoms with Crippen molar-refractivity contribution in [2.24, 2.45) is 0 Å². The highest BCUT2D eigenvalue weighted by Crippen LogP contribution is 2.22. The number of para-hydroxylation sites is 1. The third-order valence-electron chi connectivity index (χ3n) is 3.80. The molecule has 0 fully saturated rings. The fraction of sp³-hybridized carbons (Fsp3) is 0.211. The summed E-state index contributed by atoms with van der Waals surface area (Å²) in [5, 5.41) is 11.7. The van der Waals surface area contributed by atoms with Crippen molar-refractivity contribution >= 4 is 22.4 Å². The second-order valence-corrected chi connectivity index (χ2v) is 6.79. The van der Waals surface area contributed by atoms with Gasteiger partial charge in [-0.1, -0.05) is 53.8 Å². The molecule has 1 heterocycles. The SMILES string of the molecule is C[C@H](NC(=O)c1ccccc1OCCc1ccccc1)c1nnc(N)s1. The van der Waals surface area contributed by atoms with Gasteiger partial charge in [-0.25, -0.2) is 0 Å². The highest BCUT2D eigenvalue weighted by atomic mass is 32.1. The number of amides is 1. The fourth-order valence-corrected chi connectivity index (χ4v) is 3.07. The van der Waals surface area contributed by atoms with Gasteiger partial charge in [0.2, 0.25) is 5.13 Å². The van der Waals surface area contributed by atoms with Crippen LogP contribution in [0.4, 0.5) is 5.13 Å². The van der Waals surface area contributed by atoms with Crippen LogP contribution in [0.15, 0.2) is 54.6 Å². The van der Waals surface area contributed by atoms with Crippen LogP contribution in [0.5, 0.6) is 5.75 Å². The minimum Gasteiger partial charge on any atom is -0.492 e. The number of aromatic nitrogens is 2. The smallest absolute Gasteiger partial charge is 0.255 e. The predicted molar refractivity (Wildman–Crippen MR) is 102 cm³/mol. The number of ether oxygens (including phenoxy) is 1. The lowest BCUT2D eigenvalue weighted by atomic mass is 10.1. The Bertz CT molecular complexity index is 867. The van der Waals surface area contributed by atoms with E-state index in [0.29, 0.717) is 28.1 Å². The maximum Gasteiger partial charge on any atom is 0.255 e. The van der Waals surface area contributed by atoms with Crippen LogP contribution in [0.2, 0.25) is 0 Å². The Morgan fingerprint density at radius 2 is 1.88 bits per heavy atom. The molecule has 0 saturated carbocycles. The summed E-state index contributed by atoms with van der Waals surface area (Å²) < 4.78 is 5.85. The average molecular weight is 368 g/mol. The number of hydrogen-bond acceptors (Lipinski definition) is 6. The van der Waals surface area contributed by atoms with Gasteiger partial charge >= 0.3 is 0 Å². The lowest BCUT2D eigenvalue weighted by molar-refractivity contribution is 0.0935. The summed E-state index contributed by atoms with van der Waals surface area (Å²) >= 11 is 1.26. The minimum absolute atomic E-state index is 0.221. The number of carbonyl (C=O) groups is 1. The molecule has 2 aromatic carbocycles. The van der Waals surface area contributed by atoms with Crippen molar-refractivity contribution in [2.75, 3.05) is 12.3 Å². The second-order valence-electron chi connectivity index (χ2n) is 5.75. The van der Waals surface area contributed by atoms with E-state index in [0.717, 1.165) is 6.42 Å². The third kappa shape index (κ3) is 4.58. The van der Waals surface area contributed by atoms with E-state index < -0.39 is 0 Å². The summed E-state index contributed by atoms with van der Waals surface area (Å²) in [7, 11) is 0. The van der Waals surface area contributed by atoms with Gasteiger partial charge in [-0.15, -0.1) is 10.2 Å². The zero-order chi connectivity index (χ0) is 18.4. The first-order chi connectivity index (χ1) is 12.6. The van der Waals surface area contributed by atoms with Crippen LogP contribution >= 0.6 is 11.3 Å². The molecule has 0 aliphatic rings. The van der Waals surface area contributed by atoms with Gasteiger partial charge < -0.3 is 15.8 Å². The van der Waals surface area contributed by atoms with Gasteiger partial charge in [0.1, 0.15) is 10.8 Å². The van der Waals surface area contributed by atoms with Crippen molar-refractivity contribution in [3.05, 3.63) is 70.7 Å². The van der Waals surface area contributed by atoms with Crippen molar-refractivity contribution in [1.82, 2.24) is 15.5 Å². The molecule has 1 amide bonds. The monoisotopic (exact) mass is 368 g/mol. The van der Waals surface area contributed by atoms with Crippen LogP contribution in [0.3, 0.4) is 0 Å². The first kappa shape index (κ1) is 17.9. The zero-order valence-electron chi connectivity index (χ0n) is 14.4. The van der Waals surface area contributed by atoms with Gasteiger partial charge in [-0.3, -0.25) is 4.79 Å². The van der Waals surface area contributed by atoms with Gasteiger partial charge in [0.15, 0.2) is 0 Å². The summed E-state index contributed by atoms with van der Waals surface area (Å²) in [6, 6.07) is 17.0. The fourth-order valence-electron chi connectivity index (χ4n) is 2.46. The molecule has 1 aromatic heterocycles. The number of hydrogen-bond donors (Lipinski definition) is 2. The normalized spacial score (nSPS) is 11.7. The molecule has 1 atom stereocenters. The lowest BCUT2D eigenvalue weighted by Crippen LogP contribution is -2.27. The molecule has 3 aromatic rings. The van der Waals surface area contributed by atoms with E-state index in [9.17, 15) is 4.79 Å². The highest BCUT2D eigenvalue weighted by molar-refractivity contribution is 7.15. The van der Waals surface area contributed by atoms with Gasteiger partial charge in [0.05, 0.1) is 18.2 Å². The maximum absolute atomic E-state index is 12.6. The number of rotatable bonds is 7. The summed E-state index contributed by atoms with van der Waals surface area (Å²) in [5.74, 6) is 0.339. The predicted octanol–water partition coefficient (Wildman–Crippen LogP) is 3.23. The van der Waals surface area contributed by atoms with E-state index in [2.05, 4.69) is 27.6 Å². The van der Waals surface area contributed by atoms with Crippen LogP contribution in [-0.4, -0.2) is 22.7 Å². The molecular weight excluding hydrogens is 348 g/mol. The van der Waals surface area contributed by atoms with E-state index in [1.54, 1.807) is 12.1 Å². The summed E-state index contributed by atoms with van der Waals surface area (Å²) in [6.45, 7) is 2.34. The van der Waals surface area contributed by atoms with Crippen molar-refractivity contribution in [2.45, 2.75) is 19.4 Å². The quantitative estimate of drug-likeness (QED) is 0.668. The number of nitrogens with zero attached hydrogens (tertiary/aromatic N) is 2. The topological polar surface area (TPSA) is 90.1 Å². The molecule has 0 bridgehead atoms. The Kier molecular flexibility index (Phi) is 5.80. The van der Waals surface area contributed by atoms with Crippen molar-refractivity contribution in [1.29, 1.82) is 0 Å². The molecule has 3 N–H and O–H groups in total. The van der Waals surface area contributed by atoms with Crippen molar-refractivity contribution in [3.8, 4) is 5.75 Å². The van der Waals surface area contributed by atoms with E-state index >= 15 is 0 Å². The van der Waals surface area contributed by atoms with E-state index in [1.807, 2.05) is 37.3 Å². The number of nitrogens with two attached hydrogens (primary N) is 1. The number of carbonyl (C=O) groups excluding carboxylic acids is 1. The Hall–Kier alpha value is -2.93. The Morgan fingerprint density at radius 1 is 1.15 bits per heavy atom. The Labute approximate surface area is 156 Å². The highest BCUT2D eigenvalue weighted by Gasteiger charge is 2.18. The van der Waals surface area contributed by atoms with Crippen molar-refractivity contribution < 1.29 is 9.53 Å². The molecule has 6 nitrogen and oxygen atoms in total. The van der Waals surface area contributed by atoms with Crippen LogP contribution < -0.4 is 15.8 Å². The molecule has 0 unspecified atom stereocenters. The first-order valence-electron chi connectivity index (χ1n) is 8.29. The minimum atomic E-state index is -0.283. The standard InChI is InChI=1S/C19H20N4O2S/c1-13(18-22-23-19(20)26-18)21-17(24)15-9-5-6-10-16(15)25-12-11-14-7-3-2-4-8-14/h2-10,13H,11-12H2,1H3,(H2,20,23)(H,21,24)/t13-/m0/s1. The van der Waals surface area contributed by atoms with E-state index in [1.165, 1.54) is 16.9 Å². The summed E-state index contributed by atoms with van der Waals surface area (Å²) in [4.78, 5) is 12.6. The molecule has 134 valence electrons. The average Bonchev–Trinajstić information content (AvgIpc) is 3.09. The molecule has 0 radical (unpaired) electrons. The molecular formula is C19H20N4O2S. The van der Waals surface area contributed by atoms with E-state index in [-0.39, 0.29) is 11.9 Å². The van der Waals surface area contributed by atoms with E-state index in [4.69, 9.17) is 10.5 Å². The maximum atomic E-state index is 12.6. The van der Waals surface area contributed by atoms with Crippen LogP contribution in [-0.2, 0) is 6.42 Å². The molecule has 0 aliphatic carbocycles. The lowest BCUT2D eigenvalue weighted by Gasteiger charge is -2.14.